The minimum absolute atomic E-state index is 0.00620. The van der Waals surface area contributed by atoms with E-state index >= 15 is 0 Å². The van der Waals surface area contributed by atoms with E-state index in [0.29, 0.717) is 6.42 Å². The molecule has 4 aromatic rings. The summed E-state index contributed by atoms with van der Waals surface area (Å²) in [7, 11) is 0. The zero-order valence-corrected chi connectivity index (χ0v) is 50.5. The molecule has 35 heteroatoms. The van der Waals surface area contributed by atoms with Gasteiger partial charge in [0.1, 0.15) is 11.5 Å². The second-order valence-electron chi connectivity index (χ2n) is 24.2. The molecule has 2 bridgehead atoms. The second kappa shape index (κ2) is 24.0. The molecule has 10 heterocycles. The molecule has 35 nitrogen and oxygen atoms in total. The first-order valence-electron chi connectivity index (χ1n) is 29.6. The molecule has 0 N–H and O–H groups in total. The van der Waals surface area contributed by atoms with Gasteiger partial charge in [-0.1, -0.05) is 0 Å². The lowest BCUT2D eigenvalue weighted by Crippen LogP contribution is -2.65. The van der Waals surface area contributed by atoms with Gasteiger partial charge in [0.15, 0.2) is 0 Å². The number of hydrogen-bond acceptors (Lipinski definition) is 35. The van der Waals surface area contributed by atoms with Crippen LogP contribution in [-0.2, 0) is 114 Å². The molecule has 100 heavy (non-hydrogen) atoms. The van der Waals surface area contributed by atoms with Crippen LogP contribution in [0.5, 0.6) is 11.5 Å². The molecule has 4 atom stereocenters. The number of cyclic esters (lactones) is 20. The maximum atomic E-state index is 12.1. The van der Waals surface area contributed by atoms with Crippen molar-refractivity contribution in [1.29, 1.82) is 0 Å². The highest BCUT2D eigenvalue weighted by atomic mass is 16.6. The Morgan fingerprint density at radius 2 is 0.690 bits per heavy atom. The molecule has 4 aromatic carbocycles. The Morgan fingerprint density at radius 1 is 0.360 bits per heavy atom. The summed E-state index contributed by atoms with van der Waals surface area (Å²) in [6, 6.07) is 16.3. The number of rotatable bonds is 8. The lowest BCUT2D eigenvalue weighted by molar-refractivity contribution is -0.180. The summed E-state index contributed by atoms with van der Waals surface area (Å²) in [4.78, 5) is 252. The van der Waals surface area contributed by atoms with Gasteiger partial charge in [0.2, 0.25) is 0 Å². The minimum Gasteiger partial charge on any atom is -0.462 e. The van der Waals surface area contributed by atoms with Crippen LogP contribution in [0, 0.1) is 70.0 Å². The molecule has 4 unspecified atom stereocenters. The van der Waals surface area contributed by atoms with E-state index in [1.54, 1.807) is 0 Å². The third-order valence-electron chi connectivity index (χ3n) is 18.8. The fourth-order valence-electron chi connectivity index (χ4n) is 14.1. The van der Waals surface area contributed by atoms with E-state index in [0.717, 1.165) is 0 Å². The van der Waals surface area contributed by atoms with Crippen LogP contribution in [0.2, 0.25) is 0 Å². The predicted molar refractivity (Wildman–Crippen MR) is 297 cm³/mol. The summed E-state index contributed by atoms with van der Waals surface area (Å²) >= 11 is 0. The smallest absolute Gasteiger partial charge is 0.347 e. The van der Waals surface area contributed by atoms with Gasteiger partial charge in [-0.15, -0.1) is 0 Å². The molecule has 3 saturated carbocycles. The van der Waals surface area contributed by atoms with Crippen molar-refractivity contribution in [3.8, 4) is 11.5 Å². The number of carbonyl (C=O) groups excluding carboxylic acids is 22. The molecule has 10 aliphatic heterocycles. The van der Waals surface area contributed by atoms with E-state index in [1.165, 1.54) is 86.6 Å². The van der Waals surface area contributed by atoms with Crippen LogP contribution in [0.3, 0.4) is 0 Å². The van der Waals surface area contributed by atoms with Gasteiger partial charge in [-0.2, -0.15) is 0 Å². The average molecular weight is 1380 g/mol. The zero-order chi connectivity index (χ0) is 71.6. The lowest BCUT2D eigenvalue weighted by atomic mass is 9.41. The summed E-state index contributed by atoms with van der Waals surface area (Å²) in [5.74, 6) is -22.5. The fourth-order valence-corrected chi connectivity index (χ4v) is 14.1. The zero-order valence-electron chi connectivity index (χ0n) is 50.5. The molecule has 17 rings (SSSR count). The SMILES string of the molecule is CC12C(=O)OC(=O)C1C1(C)C(=O)OC(=O)C21.O=C(OCCCOC(=O)c1ccc2c(c1)C(=O)OC2=O)c1ccc2c(c1)C(=O)OC2=O.O=C1CC2C3CC(C(=O)OC3=O)C2C(=O)O1.O=C1OC(=O)C2C1C1C(=O)OC(=O)C21.O=C1OC(=O)c2cc(Oc3ccc4c(c3)C(=O)OC4=O)ccc21. The molecule has 0 spiro atoms. The summed E-state index contributed by atoms with van der Waals surface area (Å²) in [5.41, 5.74) is -1.59. The van der Waals surface area contributed by atoms with Crippen LogP contribution in [0.1, 0.15) is 137 Å². The van der Waals surface area contributed by atoms with Gasteiger partial charge in [0.25, 0.3) is 0 Å². The third kappa shape index (κ3) is 10.5. The van der Waals surface area contributed by atoms with Crippen molar-refractivity contribution in [3.05, 3.63) is 128 Å². The molecule has 9 fully saturated rings. The van der Waals surface area contributed by atoms with Crippen molar-refractivity contribution in [2.75, 3.05) is 13.2 Å². The number of ether oxygens (including phenoxy) is 13. The number of hydrogen-bond donors (Lipinski definition) is 0. The molecule has 0 aromatic heterocycles. The first-order valence-corrected chi connectivity index (χ1v) is 29.6. The van der Waals surface area contributed by atoms with Gasteiger partial charge >= 0.3 is 131 Å². The number of esters is 22. The van der Waals surface area contributed by atoms with Crippen molar-refractivity contribution < 1.29 is 167 Å². The normalized spacial score (nSPS) is 28.5. The molecule has 508 valence electrons. The fraction of sp³-hybridized carbons (Fsp3) is 0.292. The standard InChI is InChI=1S/C21H12O10.C16H6O7.2C10H8O6.C8H4O6/c22-16(10-2-4-12-14(8-10)20(26)30-18(12)24)28-6-1-7-29-17(23)11-3-5-13-15(9-11)21(27)31-19(13)25;17-13-9-3-1-7(5-11(9)15(19)22-13)21-8-2-4-10-12(6-8)16(20)23-14(10)18;1-9-3(5(11)15-7(9)13)10(2)4(9)6(12)16-8(10)14;11-6-2-3-4-1-5(7(3)10(14)15-6)9(13)16-8(4)12;9-5-1-2(6(10)13-5)4-3(1)7(11)14-8(4)12/h2-5,8-9H,1,6-7H2;1-6H;3-4H,1-2H3;3-5,7H,1-2H2;1-4H. The van der Waals surface area contributed by atoms with Crippen LogP contribution in [0.25, 0.3) is 0 Å². The Labute approximate surface area is 553 Å². The van der Waals surface area contributed by atoms with E-state index in [1.807, 2.05) is 0 Å². The topological polar surface area (TPSA) is 496 Å². The predicted octanol–water partition coefficient (Wildman–Crippen LogP) is 1.27. The van der Waals surface area contributed by atoms with Gasteiger partial charge in [-0.3, -0.25) is 57.5 Å². The number of fused-ring (bicyclic) bond motifs is 17. The van der Waals surface area contributed by atoms with Gasteiger partial charge < -0.3 is 61.6 Å². The second-order valence-corrected chi connectivity index (χ2v) is 24.2. The summed E-state index contributed by atoms with van der Waals surface area (Å²) in [6.07, 6.45) is 0.504. The van der Waals surface area contributed by atoms with E-state index in [9.17, 15) is 105 Å². The summed E-state index contributed by atoms with van der Waals surface area (Å²) in [5, 5.41) is 0. The van der Waals surface area contributed by atoms with Crippen LogP contribution in [0.4, 0.5) is 0 Å². The van der Waals surface area contributed by atoms with Crippen LogP contribution >= 0.6 is 0 Å². The Hall–Kier alpha value is -13.0. The summed E-state index contributed by atoms with van der Waals surface area (Å²) < 4.78 is 60.3. The largest absolute Gasteiger partial charge is 0.462 e. The molecule has 3 aliphatic carbocycles. The van der Waals surface area contributed by atoms with Crippen molar-refractivity contribution in [2.45, 2.75) is 33.1 Å². The third-order valence-corrected chi connectivity index (χ3v) is 18.8. The van der Waals surface area contributed by atoms with E-state index in [4.69, 9.17) is 14.2 Å². The Bertz CT molecular complexity index is 4390. The van der Waals surface area contributed by atoms with E-state index in [-0.39, 0.29) is 93.2 Å². The summed E-state index contributed by atoms with van der Waals surface area (Å²) in [6.45, 7) is 2.80. The molecule has 0 radical (unpaired) electrons. The quantitative estimate of drug-likeness (QED) is 0.104. The Balaban J connectivity index is 0.000000116. The van der Waals surface area contributed by atoms with Gasteiger partial charge in [0.05, 0.1) is 139 Å². The van der Waals surface area contributed by atoms with Crippen molar-refractivity contribution in [2.24, 2.45) is 70.0 Å². The molecule has 0 amide bonds. The van der Waals surface area contributed by atoms with Gasteiger partial charge in [-0.05, 0) is 99.0 Å². The van der Waals surface area contributed by atoms with Gasteiger partial charge in [0, 0.05) is 6.42 Å². The number of carbonyl (C=O) groups is 22. The maximum Gasteiger partial charge on any atom is 0.347 e. The van der Waals surface area contributed by atoms with Crippen LogP contribution in [-0.4, -0.2) is 145 Å². The average Bonchev–Trinajstić information content (AvgIpc) is 1.47. The monoisotopic (exact) mass is 1380 g/mol. The minimum atomic E-state index is -1.23. The highest BCUT2D eigenvalue weighted by Gasteiger charge is 2.86. The van der Waals surface area contributed by atoms with Crippen LogP contribution < -0.4 is 4.74 Å². The maximum absolute atomic E-state index is 12.1. The van der Waals surface area contributed by atoms with Gasteiger partial charge in [-0.25, -0.2) is 47.9 Å². The van der Waals surface area contributed by atoms with Crippen molar-refractivity contribution in [1.82, 2.24) is 0 Å². The lowest BCUT2D eigenvalue weighted by Gasteiger charge is -2.50. The number of benzene rings is 4. The highest BCUT2D eigenvalue weighted by Crippen LogP contribution is 2.70. The Kier molecular flexibility index (Phi) is 15.7. The molecular weight excluding hydrogens is 1340 g/mol. The first-order chi connectivity index (χ1) is 47.4. The van der Waals surface area contributed by atoms with Crippen molar-refractivity contribution >= 4 is 131 Å². The Morgan fingerprint density at radius 3 is 1.08 bits per heavy atom. The van der Waals surface area contributed by atoms with Crippen LogP contribution in [0.15, 0.2) is 72.8 Å². The molecular formula is C65H38O35. The molecule has 6 saturated heterocycles. The highest BCUT2D eigenvalue weighted by molar-refractivity contribution is 6.19. The van der Waals surface area contributed by atoms with Crippen molar-refractivity contribution in [3.63, 3.8) is 0 Å². The van der Waals surface area contributed by atoms with E-state index in [2.05, 4.69) is 47.4 Å². The van der Waals surface area contributed by atoms with E-state index < -0.39 is 201 Å². The first kappa shape index (κ1) is 65.7. The molecule has 13 aliphatic rings.